The molecule has 3 nitrogen and oxygen atoms in total. The molecule has 104 valence electrons. The van der Waals surface area contributed by atoms with E-state index in [4.69, 9.17) is 11.6 Å². The first-order chi connectivity index (χ1) is 9.04. The lowest BCUT2D eigenvalue weighted by molar-refractivity contribution is 0.531. The van der Waals surface area contributed by atoms with Gasteiger partial charge in [0.1, 0.15) is 11.3 Å². The van der Waals surface area contributed by atoms with Gasteiger partial charge in [-0.05, 0) is 25.5 Å². The van der Waals surface area contributed by atoms with Crippen molar-refractivity contribution in [3.63, 3.8) is 0 Å². The van der Waals surface area contributed by atoms with Crippen LogP contribution in [0.15, 0.2) is 18.2 Å². The van der Waals surface area contributed by atoms with Gasteiger partial charge in [0.25, 0.3) is 0 Å². The quantitative estimate of drug-likeness (QED) is 0.795. The number of alkyl halides is 1. The predicted octanol–water partition coefficient (Wildman–Crippen LogP) is 3.24. The highest BCUT2D eigenvalue weighted by Crippen LogP contribution is 2.25. The van der Waals surface area contributed by atoms with Gasteiger partial charge in [-0.25, -0.2) is 9.37 Å². The molecule has 0 saturated heterocycles. The predicted molar refractivity (Wildman–Crippen MR) is 77.5 cm³/mol. The highest BCUT2D eigenvalue weighted by atomic mass is 35.5. The standard InChI is InChI=1S/C13H16ClFN2OS/c1-9(6-7-19(2)18)17-11-5-3-4-10(15)13(11)16-12(17)8-14/h3-5,9H,6-8H2,1-2H3. The zero-order chi connectivity index (χ0) is 14.0. The van der Waals surface area contributed by atoms with Gasteiger partial charge in [-0.2, -0.15) is 0 Å². The molecule has 2 atom stereocenters. The summed E-state index contributed by atoms with van der Waals surface area (Å²) in [6.07, 6.45) is 2.43. The lowest BCUT2D eigenvalue weighted by Gasteiger charge is -2.16. The van der Waals surface area contributed by atoms with Crippen LogP contribution in [0.2, 0.25) is 0 Å². The Bertz CT molecular complexity index is 614. The molecule has 1 aromatic heterocycles. The van der Waals surface area contributed by atoms with Crippen LogP contribution in [0.5, 0.6) is 0 Å². The van der Waals surface area contributed by atoms with Crippen LogP contribution < -0.4 is 0 Å². The third-order valence-corrected chi connectivity index (χ3v) is 4.18. The highest BCUT2D eigenvalue weighted by molar-refractivity contribution is 7.84. The maximum Gasteiger partial charge on any atom is 0.151 e. The second-order valence-corrected chi connectivity index (χ2v) is 6.38. The van der Waals surface area contributed by atoms with E-state index in [9.17, 15) is 8.60 Å². The lowest BCUT2D eigenvalue weighted by atomic mass is 10.2. The van der Waals surface area contributed by atoms with Crippen molar-refractivity contribution in [2.45, 2.75) is 25.3 Å². The molecule has 6 heteroatoms. The minimum absolute atomic E-state index is 0.0875. The molecule has 0 fully saturated rings. The lowest BCUT2D eigenvalue weighted by Crippen LogP contribution is -2.11. The number of halogens is 2. The molecule has 2 aromatic rings. The van der Waals surface area contributed by atoms with Crippen molar-refractivity contribution in [3.05, 3.63) is 29.8 Å². The van der Waals surface area contributed by atoms with E-state index in [1.807, 2.05) is 17.6 Å². The molecule has 2 unspecified atom stereocenters. The number of hydrogen-bond donors (Lipinski definition) is 0. The van der Waals surface area contributed by atoms with E-state index in [0.717, 1.165) is 11.9 Å². The van der Waals surface area contributed by atoms with Crippen LogP contribution in [0.3, 0.4) is 0 Å². The average molecular weight is 303 g/mol. The Morgan fingerprint density at radius 1 is 1.53 bits per heavy atom. The van der Waals surface area contributed by atoms with E-state index in [-0.39, 0.29) is 17.7 Å². The Morgan fingerprint density at radius 2 is 2.26 bits per heavy atom. The average Bonchev–Trinajstić information content (AvgIpc) is 2.76. The molecular formula is C13H16ClFN2OS. The maximum atomic E-state index is 13.7. The van der Waals surface area contributed by atoms with Gasteiger partial charge < -0.3 is 4.57 Å². The summed E-state index contributed by atoms with van der Waals surface area (Å²) in [5, 5.41) is 0. The molecule has 0 spiro atoms. The van der Waals surface area contributed by atoms with Crippen LogP contribution in [-0.2, 0) is 16.7 Å². The summed E-state index contributed by atoms with van der Waals surface area (Å²) in [5.74, 6) is 1.15. The Balaban J connectivity index is 2.45. The topological polar surface area (TPSA) is 34.9 Å². The van der Waals surface area contributed by atoms with E-state index in [1.54, 1.807) is 12.3 Å². The van der Waals surface area contributed by atoms with Gasteiger partial charge in [-0.15, -0.1) is 11.6 Å². The van der Waals surface area contributed by atoms with Gasteiger partial charge in [-0.3, -0.25) is 4.21 Å². The zero-order valence-electron chi connectivity index (χ0n) is 10.9. The zero-order valence-corrected chi connectivity index (χ0v) is 12.5. The number of rotatable bonds is 5. The largest absolute Gasteiger partial charge is 0.324 e. The molecule has 0 amide bonds. The molecule has 0 aliphatic carbocycles. The molecule has 1 aromatic carbocycles. The van der Waals surface area contributed by atoms with E-state index < -0.39 is 10.8 Å². The van der Waals surface area contributed by atoms with Crippen LogP contribution in [0, 0.1) is 5.82 Å². The van der Waals surface area contributed by atoms with E-state index in [0.29, 0.717) is 17.1 Å². The third kappa shape index (κ3) is 2.98. The van der Waals surface area contributed by atoms with Crippen LogP contribution >= 0.6 is 11.6 Å². The molecule has 19 heavy (non-hydrogen) atoms. The van der Waals surface area contributed by atoms with E-state index in [2.05, 4.69) is 4.98 Å². The summed E-state index contributed by atoms with van der Waals surface area (Å²) in [6.45, 7) is 2.01. The van der Waals surface area contributed by atoms with Crippen LogP contribution in [0.1, 0.15) is 25.2 Å². The minimum atomic E-state index is -0.835. The first kappa shape index (κ1) is 14.5. The Hall–Kier alpha value is -0.940. The molecule has 0 radical (unpaired) electrons. The van der Waals surface area contributed by atoms with E-state index >= 15 is 0 Å². The number of nitrogens with zero attached hydrogens (tertiary/aromatic N) is 2. The number of imidazole rings is 1. The van der Waals surface area contributed by atoms with Gasteiger partial charge in [0.15, 0.2) is 5.82 Å². The molecule has 0 bridgehead atoms. The molecule has 1 heterocycles. The van der Waals surface area contributed by atoms with Crippen molar-refractivity contribution in [1.29, 1.82) is 0 Å². The molecule has 0 aliphatic heterocycles. The summed E-state index contributed by atoms with van der Waals surface area (Å²) in [7, 11) is -0.835. The second-order valence-electron chi connectivity index (χ2n) is 4.55. The van der Waals surface area contributed by atoms with Crippen LogP contribution in [0.25, 0.3) is 11.0 Å². The second kappa shape index (κ2) is 6.01. The monoisotopic (exact) mass is 302 g/mol. The maximum absolute atomic E-state index is 13.7. The molecule has 0 N–H and O–H groups in total. The van der Waals surface area contributed by atoms with Gasteiger partial charge in [0, 0.05) is 28.9 Å². The SMILES string of the molecule is CC(CCS(C)=O)n1c(CCl)nc2c(F)cccc21. The summed E-state index contributed by atoms with van der Waals surface area (Å²) >= 11 is 5.90. The minimum Gasteiger partial charge on any atom is -0.324 e. The summed E-state index contributed by atoms with van der Waals surface area (Å²) in [4.78, 5) is 4.26. The Kier molecular flexibility index (Phi) is 4.58. The first-order valence-corrected chi connectivity index (χ1v) is 8.32. The fourth-order valence-corrected chi connectivity index (χ4v) is 3.04. The van der Waals surface area contributed by atoms with Gasteiger partial charge in [0.05, 0.1) is 11.4 Å². The number of fused-ring (bicyclic) bond motifs is 1. The molecular weight excluding hydrogens is 287 g/mol. The van der Waals surface area contributed by atoms with Gasteiger partial charge in [-0.1, -0.05) is 6.07 Å². The van der Waals surface area contributed by atoms with Gasteiger partial charge in [0.2, 0.25) is 0 Å². The van der Waals surface area contributed by atoms with Crippen LogP contribution in [-0.4, -0.2) is 25.8 Å². The number of hydrogen-bond acceptors (Lipinski definition) is 2. The van der Waals surface area contributed by atoms with Crippen molar-refractivity contribution in [2.75, 3.05) is 12.0 Å². The van der Waals surface area contributed by atoms with Crippen molar-refractivity contribution in [1.82, 2.24) is 9.55 Å². The Labute approximate surface area is 119 Å². The van der Waals surface area contributed by atoms with Gasteiger partial charge >= 0.3 is 0 Å². The summed E-state index contributed by atoms with van der Waals surface area (Å²) in [6, 6.07) is 4.98. The van der Waals surface area contributed by atoms with E-state index in [1.165, 1.54) is 6.07 Å². The van der Waals surface area contributed by atoms with Crippen molar-refractivity contribution in [3.8, 4) is 0 Å². The fourth-order valence-electron chi connectivity index (χ4n) is 2.18. The number of benzene rings is 1. The summed E-state index contributed by atoms with van der Waals surface area (Å²) in [5.41, 5.74) is 1.09. The first-order valence-electron chi connectivity index (χ1n) is 6.06. The number of para-hydroxylation sites is 1. The van der Waals surface area contributed by atoms with Crippen LogP contribution in [0.4, 0.5) is 4.39 Å². The fraction of sp³-hybridized carbons (Fsp3) is 0.462. The summed E-state index contributed by atoms with van der Waals surface area (Å²) < 4.78 is 26.9. The van der Waals surface area contributed by atoms with Crippen molar-refractivity contribution in [2.24, 2.45) is 0 Å². The van der Waals surface area contributed by atoms with Crippen molar-refractivity contribution >= 4 is 33.4 Å². The highest BCUT2D eigenvalue weighted by Gasteiger charge is 2.17. The number of aromatic nitrogens is 2. The van der Waals surface area contributed by atoms with Crippen molar-refractivity contribution < 1.29 is 8.60 Å². The molecule has 2 rings (SSSR count). The third-order valence-electron chi connectivity index (χ3n) is 3.13. The molecule has 0 saturated carbocycles. The normalized spacial score (nSPS) is 14.7. The molecule has 0 aliphatic rings. The Morgan fingerprint density at radius 3 is 2.89 bits per heavy atom. The smallest absolute Gasteiger partial charge is 0.151 e.